The first-order valence-electron chi connectivity index (χ1n) is 5.19. The zero-order chi connectivity index (χ0) is 12.6. The molecule has 0 saturated carbocycles. The van der Waals surface area contributed by atoms with Gasteiger partial charge in [0.25, 0.3) is 0 Å². The van der Waals surface area contributed by atoms with Crippen LogP contribution in [0, 0.1) is 13.8 Å². The summed E-state index contributed by atoms with van der Waals surface area (Å²) in [6.45, 7) is 4.05. The van der Waals surface area contributed by atoms with E-state index in [-0.39, 0.29) is 0 Å². The summed E-state index contributed by atoms with van der Waals surface area (Å²) in [6, 6.07) is 7.93. The maximum Gasteiger partial charge on any atom is 0.105 e. The number of aliphatic hydroxyl groups excluding tert-OH is 1. The molecule has 1 atom stereocenters. The normalized spacial score (nSPS) is 12.8. The quantitative estimate of drug-likeness (QED) is 0.785. The SMILES string of the molecule is Cc1cc(C(O)c2cc(Br)sc2C)ccc1Br. The largest absolute Gasteiger partial charge is 0.384 e. The van der Waals surface area contributed by atoms with Crippen LogP contribution in [-0.2, 0) is 0 Å². The van der Waals surface area contributed by atoms with Crippen LogP contribution in [0.3, 0.4) is 0 Å². The summed E-state index contributed by atoms with van der Waals surface area (Å²) in [5.41, 5.74) is 3.04. The van der Waals surface area contributed by atoms with Crippen molar-refractivity contribution in [2.45, 2.75) is 20.0 Å². The van der Waals surface area contributed by atoms with E-state index in [1.54, 1.807) is 11.3 Å². The highest BCUT2D eigenvalue weighted by molar-refractivity contribution is 9.11. The third-order valence-electron chi connectivity index (χ3n) is 2.72. The Morgan fingerprint density at radius 3 is 2.41 bits per heavy atom. The Kier molecular flexibility index (Phi) is 4.08. The molecule has 1 aromatic heterocycles. The predicted molar refractivity (Wildman–Crippen MR) is 79.7 cm³/mol. The fraction of sp³-hybridized carbons (Fsp3) is 0.231. The summed E-state index contributed by atoms with van der Waals surface area (Å²) < 4.78 is 2.12. The number of benzene rings is 1. The van der Waals surface area contributed by atoms with Crippen molar-refractivity contribution >= 4 is 43.2 Å². The second kappa shape index (κ2) is 5.22. The molecular weight excluding hydrogens is 364 g/mol. The molecule has 0 aliphatic carbocycles. The Morgan fingerprint density at radius 2 is 1.88 bits per heavy atom. The van der Waals surface area contributed by atoms with Crippen LogP contribution >= 0.6 is 43.2 Å². The van der Waals surface area contributed by atoms with Crippen molar-refractivity contribution < 1.29 is 5.11 Å². The summed E-state index contributed by atoms with van der Waals surface area (Å²) in [6.07, 6.45) is -0.552. The van der Waals surface area contributed by atoms with Gasteiger partial charge in [-0.1, -0.05) is 28.1 Å². The van der Waals surface area contributed by atoms with Gasteiger partial charge >= 0.3 is 0 Å². The molecule has 1 aromatic carbocycles. The van der Waals surface area contributed by atoms with Gasteiger partial charge in [-0.25, -0.2) is 0 Å². The lowest BCUT2D eigenvalue weighted by Gasteiger charge is -2.12. The van der Waals surface area contributed by atoms with Crippen LogP contribution in [0.2, 0.25) is 0 Å². The van der Waals surface area contributed by atoms with E-state index in [1.165, 1.54) is 0 Å². The van der Waals surface area contributed by atoms with Crippen LogP contribution in [0.25, 0.3) is 0 Å². The maximum atomic E-state index is 10.4. The molecule has 1 unspecified atom stereocenters. The third-order valence-corrected chi connectivity index (χ3v) is 5.18. The molecule has 0 aliphatic rings. The highest BCUT2D eigenvalue weighted by atomic mass is 79.9. The Balaban J connectivity index is 2.40. The molecule has 90 valence electrons. The number of rotatable bonds is 2. The summed E-state index contributed by atoms with van der Waals surface area (Å²) in [5, 5.41) is 10.4. The van der Waals surface area contributed by atoms with E-state index in [0.717, 1.165) is 29.8 Å². The van der Waals surface area contributed by atoms with Gasteiger partial charge in [0.05, 0.1) is 3.79 Å². The minimum absolute atomic E-state index is 0.552. The van der Waals surface area contributed by atoms with Crippen molar-refractivity contribution in [1.82, 2.24) is 0 Å². The number of aliphatic hydroxyl groups is 1. The smallest absolute Gasteiger partial charge is 0.105 e. The Labute approximate surface area is 122 Å². The molecule has 2 aromatic rings. The molecule has 1 heterocycles. The minimum atomic E-state index is -0.552. The second-order valence-electron chi connectivity index (χ2n) is 3.97. The molecule has 4 heteroatoms. The zero-order valence-corrected chi connectivity index (χ0v) is 13.5. The molecule has 0 fully saturated rings. The average molecular weight is 376 g/mol. The molecule has 0 saturated heterocycles. The lowest BCUT2D eigenvalue weighted by molar-refractivity contribution is 0.220. The van der Waals surface area contributed by atoms with Crippen molar-refractivity contribution in [2.24, 2.45) is 0 Å². The van der Waals surface area contributed by atoms with Gasteiger partial charge in [0.15, 0.2) is 0 Å². The van der Waals surface area contributed by atoms with Gasteiger partial charge in [-0.15, -0.1) is 11.3 Å². The van der Waals surface area contributed by atoms with E-state index in [1.807, 2.05) is 38.1 Å². The van der Waals surface area contributed by atoms with Crippen molar-refractivity contribution in [3.8, 4) is 0 Å². The van der Waals surface area contributed by atoms with Crippen LogP contribution in [0.15, 0.2) is 32.5 Å². The maximum absolute atomic E-state index is 10.4. The summed E-state index contributed by atoms with van der Waals surface area (Å²) in [5.74, 6) is 0. The van der Waals surface area contributed by atoms with Crippen molar-refractivity contribution in [3.63, 3.8) is 0 Å². The Hall–Kier alpha value is -0.160. The van der Waals surface area contributed by atoms with E-state index in [9.17, 15) is 5.11 Å². The molecule has 1 N–H and O–H groups in total. The van der Waals surface area contributed by atoms with Crippen LogP contribution in [0.4, 0.5) is 0 Å². The van der Waals surface area contributed by atoms with E-state index >= 15 is 0 Å². The van der Waals surface area contributed by atoms with Crippen LogP contribution in [-0.4, -0.2) is 5.11 Å². The second-order valence-corrected chi connectivity index (χ2v) is 7.46. The van der Waals surface area contributed by atoms with Crippen molar-refractivity contribution in [2.75, 3.05) is 0 Å². The van der Waals surface area contributed by atoms with Crippen molar-refractivity contribution in [3.05, 3.63) is 54.1 Å². The number of halogens is 2. The highest BCUT2D eigenvalue weighted by Crippen LogP contribution is 2.34. The Morgan fingerprint density at radius 1 is 1.18 bits per heavy atom. The molecule has 1 nitrogen and oxygen atoms in total. The molecule has 0 bridgehead atoms. The zero-order valence-electron chi connectivity index (χ0n) is 9.50. The standard InChI is InChI=1S/C13H12Br2OS/c1-7-5-9(3-4-11(7)14)13(16)10-6-12(15)17-8(10)2/h3-6,13,16H,1-2H3. The minimum Gasteiger partial charge on any atom is -0.384 e. The van der Waals surface area contributed by atoms with Crippen molar-refractivity contribution in [1.29, 1.82) is 0 Å². The Bertz CT molecular complexity index is 548. The van der Waals surface area contributed by atoms with Gasteiger partial charge in [0, 0.05) is 9.35 Å². The summed E-state index contributed by atoms with van der Waals surface area (Å²) in [4.78, 5) is 1.14. The van der Waals surface area contributed by atoms with Gasteiger partial charge < -0.3 is 5.11 Å². The van der Waals surface area contributed by atoms with E-state index in [2.05, 4.69) is 31.9 Å². The average Bonchev–Trinajstić information content (AvgIpc) is 2.61. The molecule has 0 radical (unpaired) electrons. The van der Waals surface area contributed by atoms with E-state index in [4.69, 9.17) is 0 Å². The molecule has 0 aliphatic heterocycles. The van der Waals surface area contributed by atoms with Gasteiger partial charge in [0.2, 0.25) is 0 Å². The van der Waals surface area contributed by atoms with Crippen LogP contribution in [0.5, 0.6) is 0 Å². The van der Waals surface area contributed by atoms with Gasteiger partial charge in [-0.05, 0) is 58.6 Å². The molecule has 0 amide bonds. The van der Waals surface area contributed by atoms with E-state index < -0.39 is 6.10 Å². The highest BCUT2D eigenvalue weighted by Gasteiger charge is 2.16. The first-order chi connectivity index (χ1) is 7.99. The monoisotopic (exact) mass is 374 g/mol. The topological polar surface area (TPSA) is 20.2 Å². The van der Waals surface area contributed by atoms with Gasteiger partial charge in [-0.2, -0.15) is 0 Å². The summed E-state index contributed by atoms with van der Waals surface area (Å²) >= 11 is 8.56. The van der Waals surface area contributed by atoms with Gasteiger partial charge in [-0.3, -0.25) is 0 Å². The third kappa shape index (κ3) is 2.81. The van der Waals surface area contributed by atoms with E-state index in [0.29, 0.717) is 0 Å². The van der Waals surface area contributed by atoms with Crippen LogP contribution in [0.1, 0.15) is 27.7 Å². The first kappa shape index (κ1) is 13.3. The molecule has 2 rings (SSSR count). The number of hydrogen-bond acceptors (Lipinski definition) is 2. The lowest BCUT2D eigenvalue weighted by atomic mass is 10.0. The first-order valence-corrected chi connectivity index (χ1v) is 7.59. The fourth-order valence-electron chi connectivity index (χ4n) is 1.75. The number of thiophene rings is 1. The number of aryl methyl sites for hydroxylation is 2. The molecular formula is C13H12Br2OS. The molecule has 17 heavy (non-hydrogen) atoms. The fourth-order valence-corrected chi connectivity index (χ4v) is 3.74. The predicted octanol–water partition coefficient (Wildman–Crippen LogP) is 4.97. The summed E-state index contributed by atoms with van der Waals surface area (Å²) in [7, 11) is 0. The number of hydrogen-bond donors (Lipinski definition) is 1. The van der Waals surface area contributed by atoms with Crippen LogP contribution < -0.4 is 0 Å². The molecule has 0 spiro atoms. The lowest BCUT2D eigenvalue weighted by Crippen LogP contribution is -2.00. The van der Waals surface area contributed by atoms with Gasteiger partial charge in [0.1, 0.15) is 6.10 Å².